The molecule has 4 saturated carbocycles. The first-order chi connectivity index (χ1) is 49.0. The number of ketones is 1. The van der Waals surface area contributed by atoms with Gasteiger partial charge in [-0.05, 0) is 147 Å². The van der Waals surface area contributed by atoms with Crippen LogP contribution in [0.5, 0.6) is 0 Å². The predicted octanol–water partition coefficient (Wildman–Crippen LogP) is 10.6. The standard InChI is InChI=1S/C76H90N10O15S2/c1-48(2)66(81-63(88)21-9-8-12-29-85-64(89)26-27-65(85)90)60(87)36-49(3)68(91)78-54-23-22-53(52(37-54)17-14-32-99-33-15-35-103(96,97)98)40-100-72(95)83(7)31-34-101-76-44-73(5)41-74(6,45-76)43-75(42-73,46-76)47-86-50(4)57(38-77-86)55-24-25-62(80-67(55)70(93)94)84-30-28-51-16-13-18-56(58(51)39-84)69(92)82-71-79-59-19-10-11-20-61(59)102-71/h10-11,13,16,18-20,22-27,37-38,48-49,66H,8-9,12,15,21,28-36,39-47H2,1-7H3,(H,78,91)(H,81,88)(H,93,94)(H,79,82,92)(H,96,97,98)/t49-,66+,73?,74?,75?,76?/m1/s1. The van der Waals surface area contributed by atoms with Gasteiger partial charge in [-0.15, -0.1) is 0 Å². The number of carbonyl (C=O) groups is 8. The lowest BCUT2D eigenvalue weighted by Gasteiger charge is -2.69. The van der Waals surface area contributed by atoms with Gasteiger partial charge in [0.25, 0.3) is 27.8 Å². The van der Waals surface area contributed by atoms with Gasteiger partial charge in [-0.25, -0.2) is 19.6 Å². The fourth-order valence-electron chi connectivity index (χ4n) is 16.7. The highest BCUT2D eigenvalue weighted by molar-refractivity contribution is 7.85. The summed E-state index contributed by atoms with van der Waals surface area (Å²) in [6.07, 6.45) is 11.3. The van der Waals surface area contributed by atoms with E-state index in [1.54, 1.807) is 58.3 Å². The number of rotatable bonds is 31. The molecule has 6 aromatic rings. The van der Waals surface area contributed by atoms with Gasteiger partial charge >= 0.3 is 12.1 Å². The Morgan fingerprint density at radius 2 is 1.60 bits per heavy atom. The molecular weight excluding hydrogens is 1360 g/mol. The Balaban J connectivity index is 0.694. The summed E-state index contributed by atoms with van der Waals surface area (Å²) in [5.74, 6) is 1.56. The molecule has 4 aliphatic carbocycles. The monoisotopic (exact) mass is 1450 g/mol. The zero-order chi connectivity index (χ0) is 73.6. The van der Waals surface area contributed by atoms with Gasteiger partial charge in [-0.3, -0.25) is 48.2 Å². The maximum atomic E-state index is 13.8. The highest BCUT2D eigenvalue weighted by atomic mass is 32.2. The molecule has 0 saturated heterocycles. The molecule has 546 valence electrons. The number of Topliss-reactive ketones (excluding diaryl/α,β-unsaturated/α-hetero) is 1. The zero-order valence-corrected chi connectivity index (χ0v) is 60.9. The highest BCUT2D eigenvalue weighted by Crippen LogP contribution is 2.72. The van der Waals surface area contributed by atoms with Crippen LogP contribution >= 0.6 is 11.3 Å². The van der Waals surface area contributed by atoms with E-state index in [0.29, 0.717) is 89.8 Å². The number of nitrogens with one attached hydrogen (secondary N) is 3. The highest BCUT2D eigenvalue weighted by Gasteiger charge is 2.66. The van der Waals surface area contributed by atoms with E-state index < -0.39 is 51.4 Å². The second-order valence-electron chi connectivity index (χ2n) is 29.6. The first kappa shape index (κ1) is 75.0. The van der Waals surface area contributed by atoms with Gasteiger partial charge in [-0.2, -0.15) is 13.5 Å². The quantitative estimate of drug-likeness (QED) is 0.0117. The van der Waals surface area contributed by atoms with Crippen molar-refractivity contribution in [1.29, 1.82) is 0 Å². The van der Waals surface area contributed by atoms with Crippen molar-refractivity contribution in [2.75, 3.05) is 67.8 Å². The molecule has 12 rings (SSSR count). The number of thiazole rings is 1. The van der Waals surface area contributed by atoms with E-state index >= 15 is 0 Å². The minimum absolute atomic E-state index is 0.00710. The normalized spacial score (nSPS) is 20.9. The van der Waals surface area contributed by atoms with Gasteiger partial charge in [0.15, 0.2) is 16.6 Å². The second-order valence-corrected chi connectivity index (χ2v) is 32.2. The third-order valence-corrected chi connectivity index (χ3v) is 22.2. The third kappa shape index (κ3) is 18.2. The van der Waals surface area contributed by atoms with Crippen LogP contribution in [0.4, 0.5) is 21.4 Å². The number of amides is 6. The molecule has 5 N–H and O–H groups in total. The summed E-state index contributed by atoms with van der Waals surface area (Å²) in [7, 11) is -2.53. The Kier molecular flexibility index (Phi) is 22.9. The van der Waals surface area contributed by atoms with Crippen molar-refractivity contribution in [1.82, 2.24) is 34.9 Å². The van der Waals surface area contributed by atoms with Crippen molar-refractivity contribution < 1.29 is 70.6 Å². The number of carboxylic acids is 1. The fraction of sp³-hybridized carbons (Fsp3) is 0.487. The minimum Gasteiger partial charge on any atom is -0.476 e. The molecule has 4 bridgehead atoms. The predicted molar refractivity (Wildman–Crippen MR) is 387 cm³/mol. The molecule has 6 aliphatic rings. The molecule has 4 fully saturated rings. The number of carbonyl (C=O) groups excluding carboxylic acids is 7. The molecule has 25 nitrogen and oxygen atoms in total. The summed E-state index contributed by atoms with van der Waals surface area (Å²) < 4.78 is 52.9. The Morgan fingerprint density at radius 3 is 2.33 bits per heavy atom. The van der Waals surface area contributed by atoms with Gasteiger partial charge in [0.1, 0.15) is 19.0 Å². The number of likely N-dealkylation sites (N-methyl/N-ethyl adjacent to an activating group) is 1. The minimum atomic E-state index is -4.17. The van der Waals surface area contributed by atoms with Crippen LogP contribution in [0.1, 0.15) is 160 Å². The molecule has 103 heavy (non-hydrogen) atoms. The number of para-hydroxylation sites is 1. The van der Waals surface area contributed by atoms with Crippen molar-refractivity contribution >= 4 is 95.7 Å². The Morgan fingerprint density at radius 1 is 0.845 bits per heavy atom. The molecule has 0 radical (unpaired) electrons. The SMILES string of the molecule is Cc1c(-c2ccc(N3CCc4cccc(C(=O)Nc5nc6ccccc6s5)c4C3)nc2C(=O)O)cnn1CC12CC3(C)CC(C)(C1)CC(OCCN(C)C(=O)OCc1ccc(NC(=O)[C@H](C)CC(=O)[C@@H](NC(=O)CCCCCN4C(=O)C=CC4=O)C(C)C)cc1C#CCOCCCS(=O)(=O)O)(C3)C2. The zero-order valence-electron chi connectivity index (χ0n) is 59.3. The number of aromatic carboxylic acids is 1. The molecule has 2 unspecified atom stereocenters. The van der Waals surface area contributed by atoms with Crippen LogP contribution in [0.3, 0.4) is 0 Å². The van der Waals surface area contributed by atoms with E-state index in [2.05, 4.69) is 46.6 Å². The van der Waals surface area contributed by atoms with E-state index in [-0.39, 0.29) is 116 Å². The number of anilines is 3. The maximum absolute atomic E-state index is 13.8. The number of unbranched alkanes of at least 4 members (excludes halogenated alkanes) is 2. The van der Waals surface area contributed by atoms with Crippen molar-refractivity contribution in [3.8, 4) is 23.0 Å². The average Bonchev–Trinajstić information content (AvgIpc) is 1.64. The van der Waals surface area contributed by atoms with Crippen LogP contribution < -0.4 is 20.9 Å². The van der Waals surface area contributed by atoms with Crippen LogP contribution in [-0.4, -0.2) is 159 Å². The molecule has 6 amide bonds. The summed E-state index contributed by atoms with van der Waals surface area (Å²) in [5.41, 5.74) is 5.58. The number of ether oxygens (including phenoxy) is 3. The number of aromatic nitrogens is 4. The van der Waals surface area contributed by atoms with Crippen LogP contribution in [0.2, 0.25) is 0 Å². The van der Waals surface area contributed by atoms with Crippen LogP contribution in [0.15, 0.2) is 91.1 Å². The Hall–Kier alpha value is -9.20. The Bertz CT molecular complexity index is 4430. The number of hydrogen-bond acceptors (Lipinski definition) is 18. The van der Waals surface area contributed by atoms with Gasteiger partial charge in [0.2, 0.25) is 11.8 Å². The molecule has 0 spiro atoms. The lowest BCUT2D eigenvalue weighted by molar-refractivity contribution is -0.248. The Labute approximate surface area is 603 Å². The number of carboxylic acid groups (broad SMARTS) is 1. The first-order valence-electron chi connectivity index (χ1n) is 35.1. The maximum Gasteiger partial charge on any atom is 0.409 e. The number of fused-ring (bicyclic) bond motifs is 2. The smallest absolute Gasteiger partial charge is 0.409 e. The number of hydrogen-bond donors (Lipinski definition) is 5. The topological polar surface area (TPSA) is 328 Å². The van der Waals surface area contributed by atoms with Gasteiger partial charge in [-0.1, -0.05) is 94.5 Å². The van der Waals surface area contributed by atoms with E-state index in [4.69, 9.17) is 28.8 Å². The third-order valence-electron chi connectivity index (χ3n) is 20.4. The summed E-state index contributed by atoms with van der Waals surface area (Å²) in [5, 5.41) is 24.9. The van der Waals surface area contributed by atoms with Crippen LogP contribution in [0.25, 0.3) is 21.3 Å². The lowest BCUT2D eigenvalue weighted by Crippen LogP contribution is -2.64. The summed E-state index contributed by atoms with van der Waals surface area (Å²) >= 11 is 1.41. The van der Waals surface area contributed by atoms with E-state index in [1.807, 2.05) is 65.0 Å². The molecule has 4 atom stereocenters. The molecule has 2 aliphatic heterocycles. The number of imide groups is 1. The summed E-state index contributed by atoms with van der Waals surface area (Å²) in [4.78, 5) is 119. The summed E-state index contributed by atoms with van der Waals surface area (Å²) in [6.45, 7) is 13.8. The second kappa shape index (κ2) is 31.4. The molecule has 27 heteroatoms. The molecule has 3 aromatic heterocycles. The van der Waals surface area contributed by atoms with E-state index in [1.165, 1.54) is 28.4 Å². The van der Waals surface area contributed by atoms with Gasteiger partial charge < -0.3 is 39.8 Å². The average molecular weight is 1450 g/mol. The summed E-state index contributed by atoms with van der Waals surface area (Å²) in [6, 6.07) is 21.1. The van der Waals surface area contributed by atoms with Crippen molar-refractivity contribution in [3.05, 3.63) is 130 Å². The fourth-order valence-corrected chi connectivity index (χ4v) is 18.0. The number of nitrogens with zero attached hydrogens (tertiary/aromatic N) is 7. The van der Waals surface area contributed by atoms with Crippen molar-refractivity contribution in [2.24, 2.45) is 28.1 Å². The molecular formula is C76H90N10O15S2. The largest absolute Gasteiger partial charge is 0.476 e. The number of benzene rings is 3. The first-order valence-corrected chi connectivity index (χ1v) is 37.5. The van der Waals surface area contributed by atoms with Crippen molar-refractivity contribution in [2.45, 2.75) is 156 Å². The van der Waals surface area contributed by atoms with Crippen molar-refractivity contribution in [3.63, 3.8) is 0 Å². The van der Waals surface area contributed by atoms with Crippen LogP contribution in [-0.2, 0) is 74.4 Å². The van der Waals surface area contributed by atoms with Crippen LogP contribution in [0, 0.1) is 46.8 Å². The lowest BCUT2D eigenvalue weighted by atomic mass is 9.39. The number of pyridine rings is 1. The van der Waals surface area contributed by atoms with Gasteiger partial charge in [0, 0.05) is 116 Å². The molecule has 5 heterocycles. The van der Waals surface area contributed by atoms with E-state index in [0.717, 1.165) is 70.5 Å². The van der Waals surface area contributed by atoms with E-state index in [9.17, 15) is 51.9 Å². The molecule has 3 aromatic carbocycles. The van der Waals surface area contributed by atoms with Gasteiger partial charge in [0.05, 0.1) is 40.4 Å².